The second kappa shape index (κ2) is 10.4. The van der Waals surface area contributed by atoms with Crippen molar-refractivity contribution in [2.45, 2.75) is 26.1 Å². The predicted molar refractivity (Wildman–Crippen MR) is 137 cm³/mol. The van der Waals surface area contributed by atoms with Crippen molar-refractivity contribution in [1.82, 2.24) is 19.5 Å². The highest BCUT2D eigenvalue weighted by Crippen LogP contribution is 2.34. The van der Waals surface area contributed by atoms with Gasteiger partial charge in [-0.1, -0.05) is 12.1 Å². The Kier molecular flexibility index (Phi) is 7.29. The number of aromatic nitrogens is 3. The van der Waals surface area contributed by atoms with Gasteiger partial charge in [0.1, 0.15) is 0 Å². The summed E-state index contributed by atoms with van der Waals surface area (Å²) in [6, 6.07) is 5.61. The van der Waals surface area contributed by atoms with Crippen LogP contribution in [0.1, 0.15) is 38.4 Å². The van der Waals surface area contributed by atoms with Crippen LogP contribution in [0.25, 0.3) is 5.65 Å². The lowest BCUT2D eigenvalue weighted by Gasteiger charge is -2.28. The third-order valence-electron chi connectivity index (χ3n) is 7.27. The van der Waals surface area contributed by atoms with Gasteiger partial charge in [0.25, 0.3) is 5.91 Å². The molecule has 0 atom stereocenters. The second-order valence-corrected chi connectivity index (χ2v) is 12.1. The molecule has 0 radical (unpaired) electrons. The number of carbonyl (C=O) groups excluding carboxylic acids is 1. The largest absolute Gasteiger partial charge is 0.416 e. The molecule has 210 valence electrons. The van der Waals surface area contributed by atoms with Crippen LogP contribution >= 0.6 is 0 Å². The number of ether oxygens (including phenoxy) is 1. The third-order valence-corrected chi connectivity index (χ3v) is 8.88. The smallest absolute Gasteiger partial charge is 0.378 e. The van der Waals surface area contributed by atoms with E-state index >= 15 is 0 Å². The molecule has 0 saturated carbocycles. The van der Waals surface area contributed by atoms with Gasteiger partial charge in [-0.05, 0) is 30.2 Å². The summed E-state index contributed by atoms with van der Waals surface area (Å²) in [5, 5.41) is 4.76. The lowest BCUT2D eigenvalue weighted by atomic mass is 9.98. The van der Waals surface area contributed by atoms with Crippen molar-refractivity contribution in [3.8, 4) is 0 Å². The van der Waals surface area contributed by atoms with Crippen molar-refractivity contribution >= 4 is 27.2 Å². The van der Waals surface area contributed by atoms with Gasteiger partial charge in [0.2, 0.25) is 0 Å². The molecule has 2 fully saturated rings. The molecule has 2 aromatic heterocycles. The molecular weight excluding hydrogens is 537 g/mol. The molecule has 14 heteroatoms. The van der Waals surface area contributed by atoms with E-state index in [0.717, 1.165) is 6.07 Å². The molecule has 4 heterocycles. The van der Waals surface area contributed by atoms with Crippen molar-refractivity contribution in [2.24, 2.45) is 5.73 Å². The molecule has 0 unspecified atom stereocenters. The number of alkyl halides is 3. The minimum absolute atomic E-state index is 0.00834. The van der Waals surface area contributed by atoms with E-state index in [1.54, 1.807) is 12.1 Å². The first-order valence-corrected chi connectivity index (χ1v) is 14.4. The number of hydrogen-bond acceptors (Lipinski definition) is 8. The van der Waals surface area contributed by atoms with E-state index < -0.39 is 27.5 Å². The maximum Gasteiger partial charge on any atom is 0.416 e. The van der Waals surface area contributed by atoms with Gasteiger partial charge in [-0.15, -0.1) is 5.10 Å². The highest BCUT2D eigenvalue weighted by molar-refractivity contribution is 7.91. The average Bonchev–Trinajstić information content (AvgIpc) is 3.22. The Balaban J connectivity index is 1.64. The van der Waals surface area contributed by atoms with Gasteiger partial charge in [0.05, 0.1) is 47.2 Å². The summed E-state index contributed by atoms with van der Waals surface area (Å²) in [5.74, 6) is -0.211. The first-order chi connectivity index (χ1) is 18.4. The minimum Gasteiger partial charge on any atom is -0.378 e. The van der Waals surface area contributed by atoms with Crippen LogP contribution in [-0.4, -0.2) is 84.7 Å². The zero-order chi connectivity index (χ0) is 27.9. The number of benzene rings is 1. The van der Waals surface area contributed by atoms with Crippen LogP contribution in [0.3, 0.4) is 0 Å². The Labute approximate surface area is 223 Å². The zero-order valence-corrected chi connectivity index (χ0v) is 22.2. The molecule has 1 aromatic carbocycles. The molecule has 1 amide bonds. The topological polar surface area (TPSA) is 123 Å². The molecule has 2 N–H and O–H groups in total. The van der Waals surface area contributed by atoms with E-state index in [-0.39, 0.29) is 41.2 Å². The SMILES string of the molecule is Cc1c(Cc2c(CN3CCS(=O)(=O)CC3)nc3c(C(N)=O)cc(N4CCOCC4)nn23)cccc1C(F)(F)F. The number of nitrogens with zero attached hydrogens (tertiary/aromatic N) is 5. The van der Waals surface area contributed by atoms with Crippen LogP contribution in [0.2, 0.25) is 0 Å². The molecule has 2 aliphatic rings. The number of amides is 1. The van der Waals surface area contributed by atoms with Crippen molar-refractivity contribution in [1.29, 1.82) is 0 Å². The first-order valence-electron chi connectivity index (χ1n) is 12.6. The van der Waals surface area contributed by atoms with Gasteiger partial charge in [-0.2, -0.15) is 13.2 Å². The Morgan fingerprint density at radius 2 is 1.82 bits per heavy atom. The number of nitrogens with two attached hydrogens (primary N) is 1. The van der Waals surface area contributed by atoms with Crippen LogP contribution in [0.5, 0.6) is 0 Å². The van der Waals surface area contributed by atoms with Crippen LogP contribution in [0.4, 0.5) is 19.0 Å². The number of hydrogen-bond donors (Lipinski definition) is 1. The number of morpholine rings is 1. The normalized spacial score (nSPS) is 18.5. The van der Waals surface area contributed by atoms with E-state index in [9.17, 15) is 26.4 Å². The number of rotatable bonds is 6. The van der Waals surface area contributed by atoms with E-state index in [4.69, 9.17) is 20.6 Å². The Morgan fingerprint density at radius 3 is 2.46 bits per heavy atom. The predicted octanol–water partition coefficient (Wildman–Crippen LogP) is 1.81. The highest BCUT2D eigenvalue weighted by Gasteiger charge is 2.33. The van der Waals surface area contributed by atoms with Crippen molar-refractivity contribution < 1.29 is 31.1 Å². The molecule has 2 aliphatic heterocycles. The van der Waals surface area contributed by atoms with E-state index in [2.05, 4.69) is 0 Å². The summed E-state index contributed by atoms with van der Waals surface area (Å²) >= 11 is 0. The lowest BCUT2D eigenvalue weighted by molar-refractivity contribution is -0.138. The first kappa shape index (κ1) is 27.3. The molecule has 10 nitrogen and oxygen atoms in total. The maximum atomic E-state index is 13.7. The molecule has 5 rings (SSSR count). The number of fused-ring (bicyclic) bond motifs is 1. The summed E-state index contributed by atoms with van der Waals surface area (Å²) in [4.78, 5) is 21.1. The highest BCUT2D eigenvalue weighted by atomic mass is 32.2. The second-order valence-electron chi connectivity index (χ2n) is 9.81. The molecule has 0 spiro atoms. The van der Waals surface area contributed by atoms with Gasteiger partial charge in [0, 0.05) is 39.1 Å². The standard InChI is InChI=1S/C25H29F3N6O4S/c1-16-17(3-2-4-19(16)25(26,27)28)13-21-20(15-32-7-11-39(36,37)12-8-32)30-24-18(23(29)35)14-22(31-34(21)24)33-5-9-38-10-6-33/h2-4,14H,5-13,15H2,1H3,(H2,29,35). The van der Waals surface area contributed by atoms with E-state index in [1.807, 2.05) is 9.80 Å². The van der Waals surface area contributed by atoms with Gasteiger partial charge >= 0.3 is 6.18 Å². The summed E-state index contributed by atoms with van der Waals surface area (Å²) < 4.78 is 71.8. The Hall–Kier alpha value is -3.23. The maximum absolute atomic E-state index is 13.7. The molecule has 3 aromatic rings. The fourth-order valence-corrected chi connectivity index (χ4v) is 6.29. The van der Waals surface area contributed by atoms with Crippen molar-refractivity contribution in [2.75, 3.05) is 55.8 Å². The fraction of sp³-hybridized carbons (Fsp3) is 0.480. The number of primary amides is 1. The van der Waals surface area contributed by atoms with Crippen LogP contribution in [0.15, 0.2) is 24.3 Å². The fourth-order valence-electron chi connectivity index (χ4n) is 5.01. The van der Waals surface area contributed by atoms with Gasteiger partial charge < -0.3 is 15.4 Å². The minimum atomic E-state index is -4.51. The summed E-state index contributed by atoms with van der Waals surface area (Å²) in [6.45, 7) is 4.32. The Bertz CT molecular complexity index is 1500. The zero-order valence-electron chi connectivity index (χ0n) is 21.4. The van der Waals surface area contributed by atoms with Crippen molar-refractivity contribution in [3.63, 3.8) is 0 Å². The molecule has 0 aliphatic carbocycles. The van der Waals surface area contributed by atoms with Crippen molar-refractivity contribution in [3.05, 3.63) is 57.9 Å². The summed E-state index contributed by atoms with van der Waals surface area (Å²) in [5.41, 5.74) is 6.90. The number of halogens is 3. The number of sulfone groups is 1. The molecular formula is C25H29F3N6O4S. The van der Waals surface area contributed by atoms with Gasteiger partial charge in [-0.25, -0.2) is 17.9 Å². The number of anilines is 1. The third kappa shape index (κ3) is 5.72. The molecule has 39 heavy (non-hydrogen) atoms. The summed E-state index contributed by atoms with van der Waals surface area (Å²) in [6.07, 6.45) is -4.45. The monoisotopic (exact) mass is 566 g/mol. The Morgan fingerprint density at radius 1 is 1.13 bits per heavy atom. The summed E-state index contributed by atoms with van der Waals surface area (Å²) in [7, 11) is -3.11. The quantitative estimate of drug-likeness (QED) is 0.480. The van der Waals surface area contributed by atoms with Crippen LogP contribution < -0.4 is 10.6 Å². The number of carbonyl (C=O) groups is 1. The van der Waals surface area contributed by atoms with Crippen LogP contribution in [-0.2, 0) is 33.7 Å². The van der Waals surface area contributed by atoms with Crippen LogP contribution in [0, 0.1) is 6.92 Å². The molecule has 0 bridgehead atoms. The molecule has 2 saturated heterocycles. The average molecular weight is 567 g/mol. The van der Waals surface area contributed by atoms with E-state index in [1.165, 1.54) is 17.5 Å². The van der Waals surface area contributed by atoms with Gasteiger partial charge in [0.15, 0.2) is 21.3 Å². The van der Waals surface area contributed by atoms with Gasteiger partial charge in [-0.3, -0.25) is 9.69 Å². The van der Waals surface area contributed by atoms with E-state index in [0.29, 0.717) is 62.2 Å². The number of imidazole rings is 1. The lowest BCUT2D eigenvalue weighted by Crippen LogP contribution is -2.39.